The fourth-order valence-corrected chi connectivity index (χ4v) is 4.75. The van der Waals surface area contributed by atoms with Crippen LogP contribution in [0.4, 0.5) is 30.7 Å². The van der Waals surface area contributed by atoms with Crippen LogP contribution in [0.3, 0.4) is 0 Å². The molecular weight excluding hydrogens is 549 g/mol. The predicted molar refractivity (Wildman–Crippen MR) is 142 cm³/mol. The van der Waals surface area contributed by atoms with Crippen LogP contribution in [-0.4, -0.2) is 5.11 Å². The number of ether oxygens (including phenoxy) is 1. The van der Waals surface area contributed by atoms with Crippen LogP contribution in [0.25, 0.3) is 11.1 Å². The summed E-state index contributed by atoms with van der Waals surface area (Å²) < 4.78 is 97.8. The number of benzene rings is 4. The van der Waals surface area contributed by atoms with E-state index >= 15 is 0 Å². The summed E-state index contributed by atoms with van der Waals surface area (Å²) in [4.78, 5) is 0. The zero-order valence-corrected chi connectivity index (χ0v) is 22.2. The van der Waals surface area contributed by atoms with Gasteiger partial charge in [0.1, 0.15) is 18.2 Å². The normalized spacial score (nSPS) is 12.2. The number of alkyl halides is 6. The topological polar surface area (TPSA) is 29.5 Å². The lowest BCUT2D eigenvalue weighted by Gasteiger charge is -2.24. The molecule has 216 valence electrons. The Hall–Kier alpha value is -3.85. The van der Waals surface area contributed by atoms with Crippen LogP contribution in [0, 0.1) is 5.82 Å². The highest BCUT2D eigenvalue weighted by atomic mass is 19.4. The van der Waals surface area contributed by atoms with E-state index < -0.39 is 35.9 Å². The van der Waals surface area contributed by atoms with Gasteiger partial charge < -0.3 is 9.84 Å². The Bertz CT molecular complexity index is 1470. The van der Waals surface area contributed by atoms with Crippen LogP contribution in [-0.2, 0) is 32.0 Å². The molecule has 0 saturated heterocycles. The molecule has 41 heavy (non-hydrogen) atoms. The molecule has 0 saturated carbocycles. The molecule has 4 aromatic rings. The van der Waals surface area contributed by atoms with Gasteiger partial charge in [0.2, 0.25) is 0 Å². The van der Waals surface area contributed by atoms with E-state index in [1.807, 2.05) is 19.9 Å². The lowest BCUT2D eigenvalue weighted by Crippen LogP contribution is -2.11. The highest BCUT2D eigenvalue weighted by Crippen LogP contribution is 2.39. The van der Waals surface area contributed by atoms with Crippen molar-refractivity contribution in [3.05, 3.63) is 124 Å². The summed E-state index contributed by atoms with van der Waals surface area (Å²) in [6.07, 6.45) is -8.72. The molecule has 4 aromatic carbocycles. The van der Waals surface area contributed by atoms with Crippen molar-refractivity contribution >= 4 is 0 Å². The number of aliphatic hydroxyl groups is 1. The van der Waals surface area contributed by atoms with Gasteiger partial charge in [-0.15, -0.1) is 0 Å². The Labute approximate surface area is 233 Å². The zero-order chi connectivity index (χ0) is 29.9. The van der Waals surface area contributed by atoms with Gasteiger partial charge >= 0.3 is 12.4 Å². The average molecular weight is 577 g/mol. The summed E-state index contributed by atoms with van der Waals surface area (Å²) in [6, 6.07) is 16.6. The maximum Gasteiger partial charge on any atom is 0.416 e. The number of hydrogen-bond acceptors (Lipinski definition) is 2. The van der Waals surface area contributed by atoms with Gasteiger partial charge in [0.05, 0.1) is 17.7 Å². The summed E-state index contributed by atoms with van der Waals surface area (Å²) in [5.74, 6) is -0.323. The number of rotatable bonds is 8. The molecule has 0 aliphatic carbocycles. The standard InChI is InChI=1S/C32H27F7O2/c1-19(2)27-16-22(18-41-26-13-9-24(10-14-26)32(37,38)39)29(17-40)30(21-5-11-25(33)12-6-21)28(27)15-20-3-7-23(8-4-20)31(34,35)36/h3-14,16,19,40H,15,17-18H2,1-2H3. The second-order valence-electron chi connectivity index (χ2n) is 9.96. The third kappa shape index (κ3) is 7.08. The fourth-order valence-electron chi connectivity index (χ4n) is 4.75. The first-order chi connectivity index (χ1) is 19.3. The van der Waals surface area contributed by atoms with Crippen molar-refractivity contribution in [1.29, 1.82) is 0 Å². The summed E-state index contributed by atoms with van der Waals surface area (Å²) in [6.45, 7) is 3.38. The van der Waals surface area contributed by atoms with Crippen molar-refractivity contribution in [3.8, 4) is 16.9 Å². The lowest BCUT2D eigenvalue weighted by atomic mass is 9.82. The van der Waals surface area contributed by atoms with Gasteiger partial charge in [-0.2, -0.15) is 26.3 Å². The van der Waals surface area contributed by atoms with Crippen molar-refractivity contribution in [2.45, 2.75) is 51.8 Å². The smallest absolute Gasteiger partial charge is 0.416 e. The molecule has 0 spiro atoms. The summed E-state index contributed by atoms with van der Waals surface area (Å²) in [7, 11) is 0. The molecule has 0 aliphatic heterocycles. The third-order valence-electron chi connectivity index (χ3n) is 6.82. The van der Waals surface area contributed by atoms with Crippen LogP contribution in [0.2, 0.25) is 0 Å². The number of hydrogen-bond donors (Lipinski definition) is 1. The van der Waals surface area contributed by atoms with Crippen LogP contribution < -0.4 is 4.74 Å². The fraction of sp³-hybridized carbons (Fsp3) is 0.250. The molecule has 0 amide bonds. The lowest BCUT2D eigenvalue weighted by molar-refractivity contribution is -0.138. The van der Waals surface area contributed by atoms with Gasteiger partial charge in [-0.3, -0.25) is 0 Å². The summed E-state index contributed by atoms with van der Waals surface area (Å²) in [5, 5.41) is 10.5. The molecule has 2 nitrogen and oxygen atoms in total. The summed E-state index contributed by atoms with van der Waals surface area (Å²) >= 11 is 0. The quantitative estimate of drug-likeness (QED) is 0.212. The summed E-state index contributed by atoms with van der Waals surface area (Å²) in [5.41, 5.74) is 2.87. The van der Waals surface area contributed by atoms with Crippen molar-refractivity contribution < 1.29 is 40.6 Å². The SMILES string of the molecule is CC(C)c1cc(COc2ccc(C(F)(F)F)cc2)c(CO)c(-c2ccc(F)cc2)c1Cc1ccc(C(F)(F)F)cc1. The van der Waals surface area contributed by atoms with E-state index in [2.05, 4.69) is 0 Å². The molecule has 9 heteroatoms. The molecule has 0 aliphatic rings. The van der Waals surface area contributed by atoms with Gasteiger partial charge in [0, 0.05) is 0 Å². The van der Waals surface area contributed by atoms with Crippen LogP contribution in [0.5, 0.6) is 5.75 Å². The molecule has 0 radical (unpaired) electrons. The molecular formula is C32H27F7O2. The van der Waals surface area contributed by atoms with Crippen molar-refractivity contribution in [2.75, 3.05) is 0 Å². The molecule has 0 bridgehead atoms. The Morgan fingerprint density at radius 2 is 1.27 bits per heavy atom. The number of aliphatic hydroxyl groups excluding tert-OH is 1. The van der Waals surface area contributed by atoms with Crippen LogP contribution in [0.1, 0.15) is 58.7 Å². The zero-order valence-electron chi connectivity index (χ0n) is 22.2. The first kappa shape index (κ1) is 30.1. The molecule has 0 aromatic heterocycles. The maximum absolute atomic E-state index is 13.8. The Morgan fingerprint density at radius 1 is 0.732 bits per heavy atom. The first-order valence-corrected chi connectivity index (χ1v) is 12.8. The largest absolute Gasteiger partial charge is 0.489 e. The van der Waals surface area contributed by atoms with Gasteiger partial charge in [0.15, 0.2) is 0 Å². The van der Waals surface area contributed by atoms with Gasteiger partial charge in [-0.25, -0.2) is 4.39 Å². The second kappa shape index (κ2) is 11.9. The highest BCUT2D eigenvalue weighted by Gasteiger charge is 2.31. The third-order valence-corrected chi connectivity index (χ3v) is 6.82. The second-order valence-corrected chi connectivity index (χ2v) is 9.96. The molecule has 0 heterocycles. The molecule has 0 unspecified atom stereocenters. The van der Waals surface area contributed by atoms with E-state index in [0.717, 1.165) is 35.4 Å². The minimum atomic E-state index is -4.48. The van der Waals surface area contributed by atoms with E-state index in [0.29, 0.717) is 27.8 Å². The van der Waals surface area contributed by atoms with Gasteiger partial charge in [-0.1, -0.05) is 44.2 Å². The van der Waals surface area contributed by atoms with E-state index in [1.54, 1.807) is 12.1 Å². The van der Waals surface area contributed by atoms with Gasteiger partial charge in [0.25, 0.3) is 0 Å². The minimum absolute atomic E-state index is 0.0591. The Morgan fingerprint density at radius 3 is 1.76 bits per heavy atom. The predicted octanol–water partition coefficient (Wildman–Crippen LogP) is 9.32. The van der Waals surface area contributed by atoms with Crippen LogP contribution in [0.15, 0.2) is 78.9 Å². The Balaban J connectivity index is 1.80. The molecule has 0 fully saturated rings. The maximum atomic E-state index is 13.8. The van der Waals surface area contributed by atoms with E-state index in [-0.39, 0.29) is 24.7 Å². The average Bonchev–Trinajstić information content (AvgIpc) is 2.91. The number of halogens is 7. The molecule has 4 rings (SSSR count). The van der Waals surface area contributed by atoms with Crippen molar-refractivity contribution in [3.63, 3.8) is 0 Å². The molecule has 1 N–H and O–H groups in total. The minimum Gasteiger partial charge on any atom is -0.489 e. The highest BCUT2D eigenvalue weighted by molar-refractivity contribution is 5.75. The van der Waals surface area contributed by atoms with Crippen LogP contribution >= 0.6 is 0 Å². The molecule has 0 atom stereocenters. The van der Waals surface area contributed by atoms with E-state index in [4.69, 9.17) is 4.74 Å². The van der Waals surface area contributed by atoms with Gasteiger partial charge in [-0.05, 0) is 99.8 Å². The van der Waals surface area contributed by atoms with E-state index in [1.165, 1.54) is 36.4 Å². The van der Waals surface area contributed by atoms with E-state index in [9.17, 15) is 35.8 Å². The first-order valence-electron chi connectivity index (χ1n) is 12.8. The monoisotopic (exact) mass is 576 g/mol. The van der Waals surface area contributed by atoms with Crippen molar-refractivity contribution in [1.82, 2.24) is 0 Å². The van der Waals surface area contributed by atoms with Crippen molar-refractivity contribution in [2.24, 2.45) is 0 Å². The Kier molecular flexibility index (Phi) is 8.77.